The highest BCUT2D eigenvalue weighted by Gasteiger charge is 2.26. The van der Waals surface area contributed by atoms with Crippen molar-refractivity contribution >= 4 is 17.1 Å². The molecule has 0 spiro atoms. The molecule has 7 nitrogen and oxygen atoms in total. The van der Waals surface area contributed by atoms with E-state index in [1.165, 1.54) is 0 Å². The molecule has 0 radical (unpaired) electrons. The molecule has 1 fully saturated rings. The number of hydrogen-bond acceptors (Lipinski definition) is 5. The second kappa shape index (κ2) is 8.37. The van der Waals surface area contributed by atoms with Crippen LogP contribution in [0.3, 0.4) is 0 Å². The molecule has 4 rings (SSSR count). The average molecular weight is 379 g/mol. The van der Waals surface area contributed by atoms with Crippen LogP contribution in [-0.4, -0.2) is 50.7 Å². The SMILES string of the molecule is CCOc1ccc(CCC(=O)N2CCC(c3[nH]nc4nccnc34)CC2)cc1. The first-order valence-electron chi connectivity index (χ1n) is 9.89. The highest BCUT2D eigenvalue weighted by Crippen LogP contribution is 2.30. The summed E-state index contributed by atoms with van der Waals surface area (Å²) in [6, 6.07) is 8.00. The highest BCUT2D eigenvalue weighted by molar-refractivity contribution is 5.77. The van der Waals surface area contributed by atoms with Crippen LogP contribution in [0.15, 0.2) is 36.7 Å². The third-order valence-corrected chi connectivity index (χ3v) is 5.33. The normalized spacial score (nSPS) is 15.1. The van der Waals surface area contributed by atoms with E-state index in [4.69, 9.17) is 4.74 Å². The Balaban J connectivity index is 1.29. The number of hydrogen-bond donors (Lipinski definition) is 1. The summed E-state index contributed by atoms with van der Waals surface area (Å²) in [5, 5.41) is 7.34. The molecule has 1 amide bonds. The van der Waals surface area contributed by atoms with Crippen molar-refractivity contribution in [3.8, 4) is 5.75 Å². The van der Waals surface area contributed by atoms with Crippen molar-refractivity contribution in [2.24, 2.45) is 0 Å². The number of ether oxygens (including phenoxy) is 1. The van der Waals surface area contributed by atoms with Gasteiger partial charge in [0.25, 0.3) is 0 Å². The molecule has 146 valence electrons. The first-order valence-corrected chi connectivity index (χ1v) is 9.89. The van der Waals surface area contributed by atoms with Crippen molar-refractivity contribution in [1.29, 1.82) is 0 Å². The minimum Gasteiger partial charge on any atom is -0.494 e. The van der Waals surface area contributed by atoms with E-state index in [1.807, 2.05) is 36.1 Å². The summed E-state index contributed by atoms with van der Waals surface area (Å²) in [6.45, 7) is 4.17. The average Bonchev–Trinajstić information content (AvgIpc) is 3.17. The summed E-state index contributed by atoms with van der Waals surface area (Å²) >= 11 is 0. The number of piperidine rings is 1. The zero-order chi connectivity index (χ0) is 19.3. The summed E-state index contributed by atoms with van der Waals surface area (Å²) < 4.78 is 5.46. The third kappa shape index (κ3) is 3.98. The van der Waals surface area contributed by atoms with Crippen molar-refractivity contribution in [2.45, 2.75) is 38.5 Å². The number of aromatic amines is 1. The Kier molecular flexibility index (Phi) is 5.50. The second-order valence-electron chi connectivity index (χ2n) is 7.10. The largest absolute Gasteiger partial charge is 0.494 e. The zero-order valence-corrected chi connectivity index (χ0v) is 16.1. The Bertz CT molecular complexity index is 929. The number of carbonyl (C=O) groups is 1. The molecule has 0 unspecified atom stereocenters. The minimum absolute atomic E-state index is 0.224. The Morgan fingerprint density at radius 1 is 1.18 bits per heavy atom. The van der Waals surface area contributed by atoms with Gasteiger partial charge in [0, 0.05) is 37.8 Å². The lowest BCUT2D eigenvalue weighted by atomic mass is 9.92. The van der Waals surface area contributed by atoms with E-state index >= 15 is 0 Å². The van der Waals surface area contributed by atoms with Gasteiger partial charge in [-0.3, -0.25) is 9.89 Å². The number of nitrogens with zero attached hydrogens (tertiary/aromatic N) is 4. The van der Waals surface area contributed by atoms with Gasteiger partial charge in [0.2, 0.25) is 5.91 Å². The quantitative estimate of drug-likeness (QED) is 0.711. The standard InChI is InChI=1S/C21H25N5O2/c1-2-28-17-6-3-15(4-7-17)5-8-18(27)26-13-9-16(10-14-26)19-20-21(25-24-19)23-12-11-22-20/h3-4,6-7,11-12,16H,2,5,8-10,13-14H2,1H3,(H,23,24,25). The van der Waals surface area contributed by atoms with Crippen molar-refractivity contribution in [1.82, 2.24) is 25.1 Å². The van der Waals surface area contributed by atoms with Gasteiger partial charge in [0.05, 0.1) is 12.3 Å². The van der Waals surface area contributed by atoms with Crippen LogP contribution < -0.4 is 4.74 Å². The summed E-state index contributed by atoms with van der Waals surface area (Å²) in [5.41, 5.74) is 3.72. The molecule has 7 heteroatoms. The number of likely N-dealkylation sites (tertiary alicyclic amines) is 1. The number of aromatic nitrogens is 4. The maximum atomic E-state index is 12.6. The van der Waals surface area contributed by atoms with Gasteiger partial charge in [-0.25, -0.2) is 9.97 Å². The molecule has 0 aliphatic carbocycles. The lowest BCUT2D eigenvalue weighted by Gasteiger charge is -2.31. The predicted octanol–water partition coefficient (Wildman–Crippen LogP) is 3.09. The van der Waals surface area contributed by atoms with Gasteiger partial charge < -0.3 is 9.64 Å². The number of aryl methyl sites for hydroxylation is 1. The number of carbonyl (C=O) groups excluding carboxylic acids is 1. The molecular formula is C21H25N5O2. The van der Waals surface area contributed by atoms with E-state index in [9.17, 15) is 4.79 Å². The smallest absolute Gasteiger partial charge is 0.222 e. The van der Waals surface area contributed by atoms with E-state index in [2.05, 4.69) is 20.2 Å². The fourth-order valence-corrected chi connectivity index (χ4v) is 3.80. The van der Waals surface area contributed by atoms with Crippen molar-refractivity contribution < 1.29 is 9.53 Å². The molecule has 2 aromatic heterocycles. The van der Waals surface area contributed by atoms with Crippen LogP contribution in [0.4, 0.5) is 0 Å². The van der Waals surface area contributed by atoms with Gasteiger partial charge in [-0.15, -0.1) is 0 Å². The molecular weight excluding hydrogens is 354 g/mol. The number of benzene rings is 1. The number of H-pyrrole nitrogens is 1. The van der Waals surface area contributed by atoms with Crippen LogP contribution >= 0.6 is 0 Å². The summed E-state index contributed by atoms with van der Waals surface area (Å²) in [4.78, 5) is 23.2. The van der Waals surface area contributed by atoms with E-state index in [1.54, 1.807) is 12.4 Å². The highest BCUT2D eigenvalue weighted by atomic mass is 16.5. The Morgan fingerprint density at radius 2 is 1.93 bits per heavy atom. The monoisotopic (exact) mass is 379 g/mol. The lowest BCUT2D eigenvalue weighted by Crippen LogP contribution is -2.38. The minimum atomic E-state index is 0.224. The molecule has 28 heavy (non-hydrogen) atoms. The Morgan fingerprint density at radius 3 is 2.68 bits per heavy atom. The lowest BCUT2D eigenvalue weighted by molar-refractivity contribution is -0.132. The van der Waals surface area contributed by atoms with Crippen LogP contribution in [0.5, 0.6) is 5.75 Å². The van der Waals surface area contributed by atoms with Gasteiger partial charge in [-0.05, 0) is 43.9 Å². The first-order chi connectivity index (χ1) is 13.7. The molecule has 1 saturated heterocycles. The molecule has 1 aliphatic rings. The number of amides is 1. The van der Waals surface area contributed by atoms with Crippen molar-refractivity contribution in [3.05, 3.63) is 47.9 Å². The summed E-state index contributed by atoms with van der Waals surface area (Å²) in [7, 11) is 0. The van der Waals surface area contributed by atoms with Crippen molar-refractivity contribution in [3.63, 3.8) is 0 Å². The van der Waals surface area contributed by atoms with E-state index in [0.29, 0.717) is 24.6 Å². The van der Waals surface area contributed by atoms with Gasteiger partial charge in [-0.2, -0.15) is 5.10 Å². The Labute approximate surface area is 164 Å². The van der Waals surface area contributed by atoms with Gasteiger partial charge in [0.15, 0.2) is 5.65 Å². The molecule has 3 aromatic rings. The van der Waals surface area contributed by atoms with Crippen LogP contribution in [0.1, 0.15) is 43.4 Å². The molecule has 1 aromatic carbocycles. The second-order valence-corrected chi connectivity index (χ2v) is 7.10. The van der Waals surface area contributed by atoms with Gasteiger partial charge in [0.1, 0.15) is 11.3 Å². The maximum absolute atomic E-state index is 12.6. The van der Waals surface area contributed by atoms with Crippen LogP contribution in [-0.2, 0) is 11.2 Å². The number of nitrogens with one attached hydrogen (secondary N) is 1. The van der Waals surface area contributed by atoms with E-state index in [0.717, 1.165) is 54.9 Å². The zero-order valence-electron chi connectivity index (χ0n) is 16.1. The van der Waals surface area contributed by atoms with E-state index < -0.39 is 0 Å². The van der Waals surface area contributed by atoms with Gasteiger partial charge >= 0.3 is 0 Å². The topological polar surface area (TPSA) is 84.0 Å². The number of rotatable bonds is 6. The molecule has 0 atom stereocenters. The molecule has 0 bridgehead atoms. The number of fused-ring (bicyclic) bond motifs is 1. The summed E-state index contributed by atoms with van der Waals surface area (Å²) in [6.07, 6.45) is 6.48. The van der Waals surface area contributed by atoms with Crippen LogP contribution in [0.25, 0.3) is 11.2 Å². The maximum Gasteiger partial charge on any atom is 0.222 e. The molecule has 3 heterocycles. The predicted molar refractivity (Wildman–Crippen MR) is 106 cm³/mol. The fourth-order valence-electron chi connectivity index (χ4n) is 3.80. The molecule has 0 saturated carbocycles. The van der Waals surface area contributed by atoms with Crippen molar-refractivity contribution in [2.75, 3.05) is 19.7 Å². The third-order valence-electron chi connectivity index (χ3n) is 5.33. The molecule has 1 N–H and O–H groups in total. The first kappa shape index (κ1) is 18.4. The van der Waals surface area contributed by atoms with E-state index in [-0.39, 0.29) is 5.91 Å². The van der Waals surface area contributed by atoms with Crippen LogP contribution in [0, 0.1) is 0 Å². The molecule has 1 aliphatic heterocycles. The van der Waals surface area contributed by atoms with Crippen LogP contribution in [0.2, 0.25) is 0 Å². The van der Waals surface area contributed by atoms with Gasteiger partial charge in [-0.1, -0.05) is 12.1 Å². The Hall–Kier alpha value is -2.96. The fraction of sp³-hybridized carbons (Fsp3) is 0.429. The summed E-state index contributed by atoms with van der Waals surface area (Å²) in [5.74, 6) is 1.44.